The second-order valence-corrected chi connectivity index (χ2v) is 7.39. The summed E-state index contributed by atoms with van der Waals surface area (Å²) in [6.07, 6.45) is -5.53. The van der Waals surface area contributed by atoms with Crippen LogP contribution in [-0.2, 0) is 6.18 Å². The van der Waals surface area contributed by atoms with Gasteiger partial charge in [-0.1, -0.05) is 18.2 Å². The molecule has 162 valence electrons. The van der Waals surface area contributed by atoms with E-state index in [1.165, 1.54) is 12.1 Å². The molecular weight excluding hydrogens is 420 g/mol. The highest BCUT2D eigenvalue weighted by Crippen LogP contribution is 2.40. The molecular formula is C21H16F4N2O4. The summed E-state index contributed by atoms with van der Waals surface area (Å²) in [5.74, 6) is -2.97. The van der Waals surface area contributed by atoms with Gasteiger partial charge in [0.25, 0.3) is 11.8 Å². The van der Waals surface area contributed by atoms with E-state index >= 15 is 0 Å². The highest BCUT2D eigenvalue weighted by Gasteiger charge is 2.47. The van der Waals surface area contributed by atoms with Gasteiger partial charge in [-0.3, -0.25) is 14.5 Å². The van der Waals surface area contributed by atoms with Gasteiger partial charge in [0.1, 0.15) is 5.82 Å². The second-order valence-electron chi connectivity index (χ2n) is 7.39. The van der Waals surface area contributed by atoms with Gasteiger partial charge in [0.2, 0.25) is 0 Å². The SMILES string of the molecule is O=C(O)N1CCCC1C(c1ccc(C(F)(F)F)c(F)c1)N1C(=O)c2ccccc2C1=O. The molecule has 2 unspecified atom stereocenters. The van der Waals surface area contributed by atoms with Gasteiger partial charge in [-0.05, 0) is 42.7 Å². The molecule has 0 bridgehead atoms. The number of nitrogens with zero attached hydrogens (tertiary/aromatic N) is 2. The summed E-state index contributed by atoms with van der Waals surface area (Å²) in [5, 5.41) is 9.55. The molecule has 1 N–H and O–H groups in total. The molecule has 2 aliphatic heterocycles. The van der Waals surface area contributed by atoms with Crippen molar-refractivity contribution in [3.05, 3.63) is 70.5 Å². The van der Waals surface area contributed by atoms with Gasteiger partial charge in [-0.25, -0.2) is 9.18 Å². The molecule has 2 aromatic rings. The molecule has 0 aromatic heterocycles. The van der Waals surface area contributed by atoms with E-state index in [0.29, 0.717) is 18.6 Å². The summed E-state index contributed by atoms with van der Waals surface area (Å²) in [7, 11) is 0. The summed E-state index contributed by atoms with van der Waals surface area (Å²) in [6.45, 7) is 0.128. The lowest BCUT2D eigenvalue weighted by molar-refractivity contribution is -0.140. The van der Waals surface area contributed by atoms with E-state index in [0.717, 1.165) is 15.9 Å². The molecule has 10 heteroatoms. The first kappa shape index (κ1) is 20.8. The van der Waals surface area contributed by atoms with E-state index in [1.807, 2.05) is 0 Å². The Labute approximate surface area is 173 Å². The van der Waals surface area contributed by atoms with E-state index in [9.17, 15) is 37.1 Å². The Kier molecular flexibility index (Phi) is 4.95. The van der Waals surface area contributed by atoms with Crippen molar-refractivity contribution in [2.75, 3.05) is 6.54 Å². The molecule has 1 fully saturated rings. The topological polar surface area (TPSA) is 77.9 Å². The normalized spacial score (nSPS) is 19.7. The fourth-order valence-electron chi connectivity index (χ4n) is 4.31. The molecule has 6 nitrogen and oxygen atoms in total. The number of carbonyl (C=O) groups excluding carboxylic acids is 2. The maximum Gasteiger partial charge on any atom is 0.419 e. The Morgan fingerprint density at radius 2 is 1.68 bits per heavy atom. The number of likely N-dealkylation sites (tertiary alicyclic amines) is 1. The van der Waals surface area contributed by atoms with Crippen LogP contribution in [0.3, 0.4) is 0 Å². The lowest BCUT2D eigenvalue weighted by atomic mass is 9.94. The molecule has 31 heavy (non-hydrogen) atoms. The van der Waals surface area contributed by atoms with E-state index in [1.54, 1.807) is 12.1 Å². The zero-order valence-electron chi connectivity index (χ0n) is 15.9. The lowest BCUT2D eigenvalue weighted by Gasteiger charge is -2.35. The standard InChI is InChI=1S/C21H16F4N2O4/c22-15-10-11(7-8-14(15)21(23,24)25)17(16-6-3-9-26(16)20(30)31)27-18(28)12-4-1-2-5-13(12)19(27)29/h1-2,4-5,7-8,10,16-17H,3,6,9H2,(H,30,31). The molecule has 0 radical (unpaired) electrons. The number of halogens is 4. The zero-order chi connectivity index (χ0) is 22.5. The lowest BCUT2D eigenvalue weighted by Crippen LogP contribution is -2.47. The number of imide groups is 1. The van der Waals surface area contributed by atoms with Crippen LogP contribution in [0.15, 0.2) is 42.5 Å². The van der Waals surface area contributed by atoms with Crippen LogP contribution in [0.4, 0.5) is 22.4 Å². The van der Waals surface area contributed by atoms with E-state index in [2.05, 4.69) is 0 Å². The largest absolute Gasteiger partial charge is 0.465 e. The third-order valence-corrected chi connectivity index (χ3v) is 5.65. The fraction of sp³-hybridized carbons (Fsp3) is 0.286. The summed E-state index contributed by atoms with van der Waals surface area (Å²) >= 11 is 0. The highest BCUT2D eigenvalue weighted by atomic mass is 19.4. The molecule has 2 aliphatic rings. The van der Waals surface area contributed by atoms with Gasteiger partial charge in [-0.15, -0.1) is 0 Å². The molecule has 1 saturated heterocycles. The monoisotopic (exact) mass is 436 g/mol. The number of rotatable bonds is 3. The highest BCUT2D eigenvalue weighted by molar-refractivity contribution is 6.21. The first-order valence-corrected chi connectivity index (χ1v) is 9.44. The van der Waals surface area contributed by atoms with Crippen molar-refractivity contribution in [3.63, 3.8) is 0 Å². The minimum absolute atomic E-state index is 0.0850. The fourth-order valence-corrected chi connectivity index (χ4v) is 4.31. The van der Waals surface area contributed by atoms with E-state index in [-0.39, 0.29) is 29.7 Å². The van der Waals surface area contributed by atoms with Crippen LogP contribution in [-0.4, -0.2) is 45.4 Å². The van der Waals surface area contributed by atoms with Crippen LogP contribution in [0, 0.1) is 5.82 Å². The van der Waals surface area contributed by atoms with Gasteiger partial charge in [-0.2, -0.15) is 13.2 Å². The number of benzene rings is 2. The van der Waals surface area contributed by atoms with Crippen LogP contribution >= 0.6 is 0 Å². The zero-order valence-corrected chi connectivity index (χ0v) is 15.9. The van der Waals surface area contributed by atoms with Crippen molar-refractivity contribution in [3.8, 4) is 0 Å². The van der Waals surface area contributed by atoms with Gasteiger partial charge in [0, 0.05) is 6.54 Å². The summed E-state index contributed by atoms with van der Waals surface area (Å²) in [4.78, 5) is 39.6. The molecule has 0 saturated carbocycles. The maximum absolute atomic E-state index is 14.4. The predicted octanol–water partition coefficient (Wildman–Crippen LogP) is 4.32. The smallest absolute Gasteiger partial charge is 0.419 e. The first-order chi connectivity index (χ1) is 14.6. The van der Waals surface area contributed by atoms with Gasteiger partial charge < -0.3 is 10.0 Å². The average Bonchev–Trinajstić information content (AvgIpc) is 3.27. The molecule has 2 atom stereocenters. The molecule has 4 rings (SSSR count). The van der Waals surface area contributed by atoms with Crippen LogP contribution in [0.25, 0.3) is 0 Å². The first-order valence-electron chi connectivity index (χ1n) is 9.44. The average molecular weight is 436 g/mol. The minimum atomic E-state index is -4.92. The van der Waals surface area contributed by atoms with Crippen molar-refractivity contribution < 1.29 is 37.1 Å². The second kappa shape index (κ2) is 7.36. The third kappa shape index (κ3) is 3.41. The molecule has 0 spiro atoms. The molecule has 2 heterocycles. The Hall–Kier alpha value is -3.43. The number of amides is 3. The summed E-state index contributed by atoms with van der Waals surface area (Å²) in [6, 6.07) is 5.93. The number of hydrogen-bond donors (Lipinski definition) is 1. The Balaban J connectivity index is 1.84. The summed E-state index contributed by atoms with van der Waals surface area (Å²) in [5.41, 5.74) is -1.37. The van der Waals surface area contributed by atoms with Crippen LogP contribution in [0.5, 0.6) is 0 Å². The molecule has 2 aromatic carbocycles. The maximum atomic E-state index is 14.4. The van der Waals surface area contributed by atoms with Gasteiger partial charge in [0.15, 0.2) is 0 Å². The quantitative estimate of drug-likeness (QED) is 0.574. The van der Waals surface area contributed by atoms with Crippen molar-refractivity contribution in [2.45, 2.75) is 31.1 Å². The Bertz CT molecular complexity index is 1050. The number of carboxylic acid groups (broad SMARTS) is 1. The number of carbonyl (C=O) groups is 3. The van der Waals surface area contributed by atoms with Crippen molar-refractivity contribution in [1.29, 1.82) is 0 Å². The van der Waals surface area contributed by atoms with Crippen molar-refractivity contribution in [2.24, 2.45) is 0 Å². The van der Waals surface area contributed by atoms with E-state index < -0.39 is 47.5 Å². The van der Waals surface area contributed by atoms with Gasteiger partial charge >= 0.3 is 12.3 Å². The van der Waals surface area contributed by atoms with Gasteiger partial charge in [0.05, 0.1) is 28.8 Å². The van der Waals surface area contributed by atoms with Crippen LogP contribution in [0.2, 0.25) is 0 Å². The Morgan fingerprint density at radius 1 is 1.06 bits per heavy atom. The number of hydrogen-bond acceptors (Lipinski definition) is 3. The summed E-state index contributed by atoms with van der Waals surface area (Å²) < 4.78 is 53.4. The predicted molar refractivity (Wildman–Crippen MR) is 98.8 cm³/mol. The number of fused-ring (bicyclic) bond motifs is 1. The Morgan fingerprint density at radius 3 is 2.19 bits per heavy atom. The van der Waals surface area contributed by atoms with Crippen LogP contribution < -0.4 is 0 Å². The third-order valence-electron chi connectivity index (χ3n) is 5.65. The van der Waals surface area contributed by atoms with Crippen molar-refractivity contribution >= 4 is 17.9 Å². The van der Waals surface area contributed by atoms with Crippen molar-refractivity contribution in [1.82, 2.24) is 9.80 Å². The number of alkyl halides is 3. The molecule has 0 aliphatic carbocycles. The van der Waals surface area contributed by atoms with E-state index in [4.69, 9.17) is 0 Å². The minimum Gasteiger partial charge on any atom is -0.465 e. The van der Waals surface area contributed by atoms with Crippen LogP contribution in [0.1, 0.15) is 50.7 Å². The molecule has 3 amide bonds.